The van der Waals surface area contributed by atoms with Gasteiger partial charge in [0.1, 0.15) is 6.10 Å². The predicted molar refractivity (Wildman–Crippen MR) is 36.8 cm³/mol. The molecule has 2 aliphatic heterocycles. The molecule has 4 heteroatoms. The third kappa shape index (κ3) is 1.02. The first-order valence-corrected chi connectivity index (χ1v) is 3.72. The lowest BCUT2D eigenvalue weighted by atomic mass is 10.3. The first kappa shape index (κ1) is 7.06. The smallest absolute Gasteiger partial charge is 0.252 e. The molecule has 11 heavy (non-hydrogen) atoms. The number of hydrogen-bond donors (Lipinski definition) is 1. The van der Waals surface area contributed by atoms with Crippen molar-refractivity contribution in [1.29, 1.82) is 0 Å². The highest BCUT2D eigenvalue weighted by atomic mass is 16.8. The molecular formula is C7H11NO3. The largest absolute Gasteiger partial charge is 0.351 e. The molecular weight excluding hydrogens is 146 g/mol. The van der Waals surface area contributed by atoms with Crippen molar-refractivity contribution >= 4 is 5.91 Å². The summed E-state index contributed by atoms with van der Waals surface area (Å²) < 4.78 is 10.8. The zero-order chi connectivity index (χ0) is 8.06. The Morgan fingerprint density at radius 2 is 2.27 bits per heavy atom. The van der Waals surface area contributed by atoms with Crippen molar-refractivity contribution in [2.45, 2.75) is 31.8 Å². The van der Waals surface area contributed by atoms with Crippen LogP contribution in [-0.4, -0.2) is 30.4 Å². The van der Waals surface area contributed by atoms with E-state index in [9.17, 15) is 4.79 Å². The van der Waals surface area contributed by atoms with E-state index in [1.165, 1.54) is 0 Å². The quantitative estimate of drug-likeness (QED) is 0.522. The molecule has 4 nitrogen and oxygen atoms in total. The van der Waals surface area contributed by atoms with E-state index in [4.69, 9.17) is 9.47 Å². The van der Waals surface area contributed by atoms with Crippen LogP contribution in [0.25, 0.3) is 0 Å². The molecule has 2 heterocycles. The van der Waals surface area contributed by atoms with Gasteiger partial charge in [0, 0.05) is 6.54 Å². The maximum atomic E-state index is 11.0. The van der Waals surface area contributed by atoms with Crippen LogP contribution >= 0.6 is 0 Å². The predicted octanol–water partition coefficient (Wildman–Crippen LogP) is -0.364. The van der Waals surface area contributed by atoms with Crippen molar-refractivity contribution in [3.63, 3.8) is 0 Å². The Bertz CT molecular complexity index is 202. The van der Waals surface area contributed by atoms with Crippen LogP contribution < -0.4 is 5.32 Å². The van der Waals surface area contributed by atoms with E-state index in [0.717, 1.165) is 0 Å². The molecule has 0 aliphatic carbocycles. The van der Waals surface area contributed by atoms with E-state index >= 15 is 0 Å². The summed E-state index contributed by atoms with van der Waals surface area (Å²) in [6, 6.07) is 0. The van der Waals surface area contributed by atoms with E-state index in [1.54, 1.807) is 0 Å². The maximum absolute atomic E-state index is 11.0. The van der Waals surface area contributed by atoms with Crippen LogP contribution in [0.3, 0.4) is 0 Å². The van der Waals surface area contributed by atoms with Gasteiger partial charge < -0.3 is 14.8 Å². The second-order valence-electron chi connectivity index (χ2n) is 3.34. The van der Waals surface area contributed by atoms with Crippen LogP contribution in [-0.2, 0) is 14.3 Å². The monoisotopic (exact) mass is 157 g/mol. The summed E-state index contributed by atoms with van der Waals surface area (Å²) >= 11 is 0. The number of rotatable bonds is 0. The lowest BCUT2D eigenvalue weighted by molar-refractivity contribution is -0.159. The second-order valence-corrected chi connectivity index (χ2v) is 3.34. The number of ether oxygens (including phenoxy) is 2. The molecule has 0 aromatic rings. The fourth-order valence-corrected chi connectivity index (χ4v) is 1.51. The molecule has 0 radical (unpaired) electrons. The standard InChI is InChI=1S/C7H11NO3/c1-7(2)10-4-3-8-6(9)5(4)11-7/h4-5H,3H2,1-2H3,(H,8,9). The number of fused-ring (bicyclic) bond motifs is 1. The van der Waals surface area contributed by atoms with Crippen LogP contribution in [0.4, 0.5) is 0 Å². The van der Waals surface area contributed by atoms with Gasteiger partial charge in [0.2, 0.25) is 0 Å². The molecule has 0 spiro atoms. The third-order valence-electron chi connectivity index (χ3n) is 1.92. The minimum absolute atomic E-state index is 0.0550. The molecule has 2 saturated heterocycles. The Hall–Kier alpha value is -0.610. The lowest BCUT2D eigenvalue weighted by Crippen LogP contribution is -2.30. The second kappa shape index (κ2) is 1.95. The first-order valence-electron chi connectivity index (χ1n) is 3.72. The Morgan fingerprint density at radius 3 is 2.91 bits per heavy atom. The third-order valence-corrected chi connectivity index (χ3v) is 1.92. The SMILES string of the molecule is CC1(C)OC2CNC(=O)C2O1. The van der Waals surface area contributed by atoms with Gasteiger partial charge in [0.25, 0.3) is 5.91 Å². The molecule has 2 atom stereocenters. The molecule has 2 rings (SSSR count). The zero-order valence-electron chi connectivity index (χ0n) is 6.59. The van der Waals surface area contributed by atoms with Gasteiger partial charge in [-0.1, -0.05) is 0 Å². The maximum Gasteiger partial charge on any atom is 0.252 e. The normalized spacial score (nSPS) is 40.4. The van der Waals surface area contributed by atoms with E-state index in [-0.39, 0.29) is 18.1 Å². The molecule has 1 amide bonds. The topological polar surface area (TPSA) is 47.6 Å². The van der Waals surface area contributed by atoms with Crippen molar-refractivity contribution in [1.82, 2.24) is 5.32 Å². The number of amides is 1. The summed E-state index contributed by atoms with van der Waals surface area (Å²) in [7, 11) is 0. The van der Waals surface area contributed by atoms with Crippen LogP contribution in [0.15, 0.2) is 0 Å². The Balaban J connectivity index is 2.16. The highest BCUT2D eigenvalue weighted by molar-refractivity contribution is 5.84. The molecule has 1 N–H and O–H groups in total. The lowest BCUT2D eigenvalue weighted by Gasteiger charge is -2.17. The highest BCUT2D eigenvalue weighted by Crippen LogP contribution is 2.30. The van der Waals surface area contributed by atoms with Gasteiger partial charge in [-0.2, -0.15) is 0 Å². The van der Waals surface area contributed by atoms with Crippen LogP contribution in [0.5, 0.6) is 0 Å². The molecule has 0 aromatic carbocycles. The van der Waals surface area contributed by atoms with E-state index in [2.05, 4.69) is 5.32 Å². The van der Waals surface area contributed by atoms with E-state index < -0.39 is 5.79 Å². The van der Waals surface area contributed by atoms with Crippen molar-refractivity contribution in [3.05, 3.63) is 0 Å². The summed E-state index contributed by atoms with van der Waals surface area (Å²) in [6.07, 6.45) is -0.470. The van der Waals surface area contributed by atoms with Crippen LogP contribution in [0.2, 0.25) is 0 Å². The number of carbonyl (C=O) groups is 1. The summed E-state index contributed by atoms with van der Waals surface area (Å²) in [5.41, 5.74) is 0. The Labute approximate surface area is 64.9 Å². The Kier molecular flexibility index (Phi) is 1.25. The first-order chi connectivity index (χ1) is 5.08. The number of nitrogens with one attached hydrogen (secondary N) is 1. The summed E-state index contributed by atoms with van der Waals surface area (Å²) in [5, 5.41) is 2.67. The van der Waals surface area contributed by atoms with Gasteiger partial charge in [-0.15, -0.1) is 0 Å². The van der Waals surface area contributed by atoms with E-state index in [0.29, 0.717) is 6.54 Å². The van der Waals surface area contributed by atoms with Crippen molar-refractivity contribution in [2.75, 3.05) is 6.54 Å². The van der Waals surface area contributed by atoms with Gasteiger partial charge >= 0.3 is 0 Å². The van der Waals surface area contributed by atoms with Gasteiger partial charge in [-0.25, -0.2) is 0 Å². The summed E-state index contributed by atoms with van der Waals surface area (Å²) in [6.45, 7) is 4.21. The highest BCUT2D eigenvalue weighted by Gasteiger charge is 2.48. The van der Waals surface area contributed by atoms with Gasteiger partial charge in [-0.3, -0.25) is 4.79 Å². The van der Waals surface area contributed by atoms with Crippen LogP contribution in [0, 0.1) is 0 Å². The molecule has 0 aromatic heterocycles. The van der Waals surface area contributed by atoms with Gasteiger partial charge in [0.05, 0.1) is 0 Å². The minimum atomic E-state index is -0.590. The number of hydrogen-bond acceptors (Lipinski definition) is 3. The summed E-state index contributed by atoms with van der Waals surface area (Å²) in [5.74, 6) is -0.645. The summed E-state index contributed by atoms with van der Waals surface area (Å²) in [4.78, 5) is 11.0. The molecule has 62 valence electrons. The average Bonchev–Trinajstić information content (AvgIpc) is 2.31. The Morgan fingerprint density at radius 1 is 1.55 bits per heavy atom. The van der Waals surface area contributed by atoms with E-state index in [1.807, 2.05) is 13.8 Å². The van der Waals surface area contributed by atoms with Gasteiger partial charge in [0.15, 0.2) is 11.9 Å². The molecule has 2 fully saturated rings. The van der Waals surface area contributed by atoms with Crippen molar-refractivity contribution in [3.8, 4) is 0 Å². The van der Waals surface area contributed by atoms with Crippen LogP contribution in [0.1, 0.15) is 13.8 Å². The molecule has 2 aliphatic rings. The molecule has 0 bridgehead atoms. The number of carbonyl (C=O) groups excluding carboxylic acids is 1. The average molecular weight is 157 g/mol. The fraction of sp³-hybridized carbons (Fsp3) is 0.857. The zero-order valence-corrected chi connectivity index (χ0v) is 6.59. The minimum Gasteiger partial charge on any atom is -0.351 e. The van der Waals surface area contributed by atoms with Crippen molar-refractivity contribution in [2.24, 2.45) is 0 Å². The van der Waals surface area contributed by atoms with Crippen molar-refractivity contribution < 1.29 is 14.3 Å². The van der Waals surface area contributed by atoms with Gasteiger partial charge in [-0.05, 0) is 13.8 Å². The fourth-order valence-electron chi connectivity index (χ4n) is 1.51. The molecule has 0 saturated carbocycles. The molecule has 2 unspecified atom stereocenters.